The quantitative estimate of drug-likeness (QED) is 0.849. The topological polar surface area (TPSA) is 37.8 Å². The lowest BCUT2D eigenvalue weighted by Crippen LogP contribution is -2.25. The van der Waals surface area contributed by atoms with Gasteiger partial charge in [-0.1, -0.05) is 13.8 Å². The molecule has 94 valence electrons. The fourth-order valence-corrected chi connectivity index (χ4v) is 2.14. The minimum Gasteiger partial charge on any atom is -0.314 e. The number of nitrogens with zero attached hydrogens (tertiary/aromatic N) is 2. The van der Waals surface area contributed by atoms with Gasteiger partial charge in [0.25, 0.3) is 0 Å². The van der Waals surface area contributed by atoms with Crippen molar-refractivity contribution in [3.8, 4) is 0 Å². The Labute approximate surface area is 104 Å². The molecule has 0 atom stereocenters. The van der Waals surface area contributed by atoms with Gasteiger partial charge in [-0.15, -0.1) is 0 Å². The van der Waals surface area contributed by atoms with Crippen LogP contribution in [-0.2, 0) is 6.42 Å². The van der Waals surface area contributed by atoms with Crippen LogP contribution >= 0.6 is 0 Å². The largest absolute Gasteiger partial charge is 0.314 e. The zero-order valence-electron chi connectivity index (χ0n) is 11.4. The van der Waals surface area contributed by atoms with E-state index in [-0.39, 0.29) is 0 Å². The van der Waals surface area contributed by atoms with E-state index < -0.39 is 0 Å². The molecule has 1 fully saturated rings. The van der Waals surface area contributed by atoms with Crippen molar-refractivity contribution in [1.29, 1.82) is 0 Å². The van der Waals surface area contributed by atoms with Gasteiger partial charge in [-0.25, -0.2) is 9.97 Å². The molecule has 0 radical (unpaired) electrons. The molecule has 1 aliphatic rings. The van der Waals surface area contributed by atoms with Gasteiger partial charge in [0.05, 0.1) is 0 Å². The average molecular weight is 233 g/mol. The van der Waals surface area contributed by atoms with Gasteiger partial charge in [0.15, 0.2) is 0 Å². The maximum Gasteiger partial charge on any atom is 0.131 e. The van der Waals surface area contributed by atoms with Crippen LogP contribution < -0.4 is 5.32 Å². The van der Waals surface area contributed by atoms with E-state index in [0.29, 0.717) is 12.0 Å². The highest BCUT2D eigenvalue weighted by Crippen LogP contribution is 2.38. The SMILES string of the molecule is Cc1nc(C2CC2)nc(C)c1CCNC(C)C. The number of rotatable bonds is 5. The number of nitrogens with one attached hydrogen (secondary N) is 1. The highest BCUT2D eigenvalue weighted by atomic mass is 14.9. The molecule has 0 bridgehead atoms. The first-order chi connectivity index (χ1) is 8.08. The van der Waals surface area contributed by atoms with Crippen LogP contribution in [0.4, 0.5) is 0 Å². The molecule has 17 heavy (non-hydrogen) atoms. The number of aryl methyl sites for hydroxylation is 2. The predicted octanol–water partition coefficient (Wildman–Crippen LogP) is 2.51. The van der Waals surface area contributed by atoms with Crippen molar-refractivity contribution >= 4 is 0 Å². The third-order valence-corrected chi connectivity index (χ3v) is 3.31. The van der Waals surface area contributed by atoms with Crippen LogP contribution in [-0.4, -0.2) is 22.6 Å². The van der Waals surface area contributed by atoms with Crippen LogP contribution in [0.5, 0.6) is 0 Å². The summed E-state index contributed by atoms with van der Waals surface area (Å²) in [7, 11) is 0. The Morgan fingerprint density at radius 2 is 1.76 bits per heavy atom. The first-order valence-electron chi connectivity index (χ1n) is 6.65. The highest BCUT2D eigenvalue weighted by molar-refractivity contribution is 5.26. The maximum atomic E-state index is 4.65. The average Bonchev–Trinajstić information content (AvgIpc) is 3.04. The highest BCUT2D eigenvalue weighted by Gasteiger charge is 2.27. The minimum absolute atomic E-state index is 0.544. The number of hydrogen-bond acceptors (Lipinski definition) is 3. The summed E-state index contributed by atoms with van der Waals surface area (Å²) < 4.78 is 0. The molecule has 3 nitrogen and oxygen atoms in total. The summed E-state index contributed by atoms with van der Waals surface area (Å²) in [5, 5.41) is 3.44. The lowest BCUT2D eigenvalue weighted by atomic mass is 10.1. The van der Waals surface area contributed by atoms with Crippen molar-refractivity contribution in [2.24, 2.45) is 0 Å². The molecule has 0 unspecified atom stereocenters. The second-order valence-corrected chi connectivity index (χ2v) is 5.36. The second kappa shape index (κ2) is 5.13. The minimum atomic E-state index is 0.544. The predicted molar refractivity (Wildman–Crippen MR) is 70.3 cm³/mol. The van der Waals surface area contributed by atoms with Crippen LogP contribution in [0.2, 0.25) is 0 Å². The van der Waals surface area contributed by atoms with Crippen molar-refractivity contribution in [3.63, 3.8) is 0 Å². The lowest BCUT2D eigenvalue weighted by Gasteiger charge is -2.12. The summed E-state index contributed by atoms with van der Waals surface area (Å²) in [4.78, 5) is 9.31. The Kier molecular flexibility index (Phi) is 3.77. The molecule has 2 rings (SSSR count). The fourth-order valence-electron chi connectivity index (χ4n) is 2.14. The van der Waals surface area contributed by atoms with Crippen molar-refractivity contribution in [1.82, 2.24) is 15.3 Å². The third kappa shape index (κ3) is 3.25. The molecule has 1 aromatic rings. The molecule has 1 saturated carbocycles. The molecular weight excluding hydrogens is 210 g/mol. The molecule has 1 aromatic heterocycles. The third-order valence-electron chi connectivity index (χ3n) is 3.31. The monoisotopic (exact) mass is 233 g/mol. The molecular formula is C14H23N3. The summed E-state index contributed by atoms with van der Waals surface area (Å²) in [6.07, 6.45) is 3.57. The zero-order valence-corrected chi connectivity index (χ0v) is 11.4. The lowest BCUT2D eigenvalue weighted by molar-refractivity contribution is 0.587. The summed E-state index contributed by atoms with van der Waals surface area (Å²) in [5.74, 6) is 1.72. The molecule has 0 amide bonds. The summed E-state index contributed by atoms with van der Waals surface area (Å²) in [6.45, 7) is 9.58. The van der Waals surface area contributed by atoms with E-state index in [1.165, 1.54) is 29.8 Å². The first kappa shape index (κ1) is 12.5. The van der Waals surface area contributed by atoms with Crippen molar-refractivity contribution in [3.05, 3.63) is 22.8 Å². The number of aromatic nitrogens is 2. The summed E-state index contributed by atoms with van der Waals surface area (Å²) in [5.41, 5.74) is 3.66. The van der Waals surface area contributed by atoms with Crippen LogP contribution in [0.15, 0.2) is 0 Å². The van der Waals surface area contributed by atoms with Gasteiger partial charge in [0.2, 0.25) is 0 Å². The molecule has 1 aliphatic carbocycles. The summed E-state index contributed by atoms with van der Waals surface area (Å²) >= 11 is 0. The van der Waals surface area contributed by atoms with Crippen molar-refractivity contribution in [2.45, 2.75) is 58.9 Å². The Balaban J connectivity index is 2.05. The van der Waals surface area contributed by atoms with Gasteiger partial charge in [0, 0.05) is 23.3 Å². The molecule has 0 saturated heterocycles. The molecule has 0 spiro atoms. The zero-order chi connectivity index (χ0) is 12.4. The Hall–Kier alpha value is -0.960. The Morgan fingerprint density at radius 1 is 1.18 bits per heavy atom. The van der Waals surface area contributed by atoms with Crippen LogP contribution in [0, 0.1) is 13.8 Å². The smallest absolute Gasteiger partial charge is 0.131 e. The van der Waals surface area contributed by atoms with E-state index in [9.17, 15) is 0 Å². The summed E-state index contributed by atoms with van der Waals surface area (Å²) in [6, 6.07) is 0.544. The second-order valence-electron chi connectivity index (χ2n) is 5.36. The molecule has 0 aliphatic heterocycles. The van der Waals surface area contributed by atoms with E-state index >= 15 is 0 Å². The van der Waals surface area contributed by atoms with Gasteiger partial charge < -0.3 is 5.32 Å². The van der Waals surface area contributed by atoms with Gasteiger partial charge in [-0.3, -0.25) is 0 Å². The van der Waals surface area contributed by atoms with Crippen molar-refractivity contribution in [2.75, 3.05) is 6.54 Å². The van der Waals surface area contributed by atoms with E-state index in [4.69, 9.17) is 0 Å². The van der Waals surface area contributed by atoms with E-state index in [0.717, 1.165) is 18.8 Å². The van der Waals surface area contributed by atoms with Crippen LogP contribution in [0.1, 0.15) is 55.4 Å². The molecule has 0 aromatic carbocycles. The van der Waals surface area contributed by atoms with E-state index in [1.54, 1.807) is 0 Å². The van der Waals surface area contributed by atoms with Crippen molar-refractivity contribution < 1.29 is 0 Å². The normalized spacial score (nSPS) is 15.6. The fraction of sp³-hybridized carbons (Fsp3) is 0.714. The van der Waals surface area contributed by atoms with Crippen LogP contribution in [0.25, 0.3) is 0 Å². The molecule has 3 heteroatoms. The van der Waals surface area contributed by atoms with Gasteiger partial charge in [-0.05, 0) is 45.2 Å². The van der Waals surface area contributed by atoms with E-state index in [1.807, 2.05) is 0 Å². The van der Waals surface area contributed by atoms with Crippen LogP contribution in [0.3, 0.4) is 0 Å². The maximum absolute atomic E-state index is 4.65. The van der Waals surface area contributed by atoms with Gasteiger partial charge in [0.1, 0.15) is 5.82 Å². The van der Waals surface area contributed by atoms with Gasteiger partial charge in [-0.2, -0.15) is 0 Å². The molecule has 1 N–H and O–H groups in total. The molecule has 1 heterocycles. The Morgan fingerprint density at radius 3 is 2.24 bits per heavy atom. The Bertz CT molecular complexity index is 371. The van der Waals surface area contributed by atoms with Gasteiger partial charge >= 0.3 is 0 Å². The van der Waals surface area contributed by atoms with E-state index in [2.05, 4.69) is 43.0 Å². The number of hydrogen-bond donors (Lipinski definition) is 1. The first-order valence-corrected chi connectivity index (χ1v) is 6.65. The standard InChI is InChI=1S/C14H23N3/c1-9(2)15-8-7-13-10(3)16-14(12-5-6-12)17-11(13)4/h9,12,15H,5-8H2,1-4H3.